The normalized spacial score (nSPS) is 15.5. The summed E-state index contributed by atoms with van der Waals surface area (Å²) in [6.07, 6.45) is 6.04. The fraction of sp³-hybridized carbons (Fsp3) is 0.312. The summed E-state index contributed by atoms with van der Waals surface area (Å²) in [6, 6.07) is 7.76. The average molecular weight is 295 g/mol. The fourth-order valence-corrected chi connectivity index (χ4v) is 2.75. The third-order valence-corrected chi connectivity index (χ3v) is 3.88. The molecule has 1 saturated heterocycles. The standard InChI is InChI=1S/C16H17N5O/c1-2-9-21(8-1)11-13-5-6-14(22-13)16-18-15(19-20-16)12-4-3-7-17-10-12/h3-7,10H,1-2,8-9,11H2,(H,18,19,20). The smallest absolute Gasteiger partial charge is 0.192 e. The molecule has 1 fully saturated rings. The van der Waals surface area contributed by atoms with Crippen molar-refractivity contribution in [2.45, 2.75) is 19.4 Å². The number of nitrogens with zero attached hydrogens (tertiary/aromatic N) is 4. The minimum atomic E-state index is 0.626. The van der Waals surface area contributed by atoms with Crippen molar-refractivity contribution in [1.29, 1.82) is 0 Å². The van der Waals surface area contributed by atoms with Gasteiger partial charge in [-0.15, -0.1) is 0 Å². The van der Waals surface area contributed by atoms with Gasteiger partial charge in [0.15, 0.2) is 17.4 Å². The number of aromatic nitrogens is 4. The summed E-state index contributed by atoms with van der Waals surface area (Å²) in [5.74, 6) is 2.96. The van der Waals surface area contributed by atoms with Gasteiger partial charge in [-0.1, -0.05) is 0 Å². The lowest BCUT2D eigenvalue weighted by atomic mass is 10.3. The lowest BCUT2D eigenvalue weighted by Gasteiger charge is -2.11. The van der Waals surface area contributed by atoms with Crippen molar-refractivity contribution < 1.29 is 4.42 Å². The van der Waals surface area contributed by atoms with E-state index in [2.05, 4.69) is 25.1 Å². The Kier molecular flexibility index (Phi) is 3.44. The van der Waals surface area contributed by atoms with Crippen LogP contribution in [0.15, 0.2) is 41.1 Å². The predicted octanol–water partition coefficient (Wildman–Crippen LogP) is 2.72. The molecule has 0 atom stereocenters. The zero-order valence-electron chi connectivity index (χ0n) is 12.2. The Labute approximate surface area is 128 Å². The summed E-state index contributed by atoms with van der Waals surface area (Å²) < 4.78 is 5.89. The molecule has 3 aromatic rings. The largest absolute Gasteiger partial charge is 0.456 e. The van der Waals surface area contributed by atoms with Crippen molar-refractivity contribution in [3.63, 3.8) is 0 Å². The van der Waals surface area contributed by atoms with Crippen LogP contribution in [0.4, 0.5) is 0 Å². The van der Waals surface area contributed by atoms with E-state index in [4.69, 9.17) is 4.42 Å². The summed E-state index contributed by atoms with van der Waals surface area (Å²) in [6.45, 7) is 3.18. The molecule has 3 aromatic heterocycles. The number of H-pyrrole nitrogens is 1. The van der Waals surface area contributed by atoms with Gasteiger partial charge in [0.2, 0.25) is 0 Å². The maximum absolute atomic E-state index is 5.89. The molecule has 0 aliphatic carbocycles. The van der Waals surface area contributed by atoms with Gasteiger partial charge in [-0.25, -0.2) is 4.98 Å². The SMILES string of the molecule is c1cncc(-c2n[nH]c(-c3ccc(CN4CCCC4)o3)n2)c1. The number of hydrogen-bond acceptors (Lipinski definition) is 5. The molecule has 0 amide bonds. The zero-order valence-corrected chi connectivity index (χ0v) is 12.2. The minimum Gasteiger partial charge on any atom is -0.456 e. The highest BCUT2D eigenvalue weighted by molar-refractivity contribution is 5.57. The lowest BCUT2D eigenvalue weighted by Crippen LogP contribution is -2.17. The Hall–Kier alpha value is -2.47. The highest BCUT2D eigenvalue weighted by Gasteiger charge is 2.15. The monoisotopic (exact) mass is 295 g/mol. The van der Waals surface area contributed by atoms with Gasteiger partial charge in [-0.3, -0.25) is 15.0 Å². The molecule has 0 radical (unpaired) electrons. The third-order valence-electron chi connectivity index (χ3n) is 3.88. The van der Waals surface area contributed by atoms with E-state index < -0.39 is 0 Å². The summed E-state index contributed by atoms with van der Waals surface area (Å²) in [4.78, 5) is 11.0. The molecule has 0 bridgehead atoms. The van der Waals surface area contributed by atoms with Gasteiger partial charge in [-0.05, 0) is 50.2 Å². The lowest BCUT2D eigenvalue weighted by molar-refractivity contribution is 0.299. The van der Waals surface area contributed by atoms with Gasteiger partial charge in [0.05, 0.1) is 6.54 Å². The number of rotatable bonds is 4. The Balaban J connectivity index is 1.53. The highest BCUT2D eigenvalue weighted by atomic mass is 16.3. The second-order valence-corrected chi connectivity index (χ2v) is 5.50. The van der Waals surface area contributed by atoms with Gasteiger partial charge < -0.3 is 4.42 Å². The van der Waals surface area contributed by atoms with E-state index in [1.807, 2.05) is 24.3 Å². The molecule has 22 heavy (non-hydrogen) atoms. The van der Waals surface area contributed by atoms with Crippen molar-refractivity contribution >= 4 is 0 Å². The van der Waals surface area contributed by atoms with Gasteiger partial charge in [0, 0.05) is 18.0 Å². The first-order chi connectivity index (χ1) is 10.9. The predicted molar refractivity (Wildman–Crippen MR) is 81.8 cm³/mol. The molecule has 1 aliphatic heterocycles. The molecule has 0 unspecified atom stereocenters. The molecule has 112 valence electrons. The number of hydrogen-bond donors (Lipinski definition) is 1. The molecular weight excluding hydrogens is 278 g/mol. The van der Waals surface area contributed by atoms with E-state index in [1.54, 1.807) is 12.4 Å². The van der Waals surface area contributed by atoms with Crippen LogP contribution in [0, 0.1) is 0 Å². The summed E-state index contributed by atoms with van der Waals surface area (Å²) in [5.41, 5.74) is 0.883. The summed E-state index contributed by atoms with van der Waals surface area (Å²) >= 11 is 0. The van der Waals surface area contributed by atoms with E-state index >= 15 is 0 Å². The van der Waals surface area contributed by atoms with Crippen LogP contribution >= 0.6 is 0 Å². The van der Waals surface area contributed by atoms with Gasteiger partial charge >= 0.3 is 0 Å². The van der Waals surface area contributed by atoms with Crippen LogP contribution < -0.4 is 0 Å². The van der Waals surface area contributed by atoms with Crippen molar-refractivity contribution in [3.8, 4) is 23.0 Å². The molecular formula is C16H17N5O. The highest BCUT2D eigenvalue weighted by Crippen LogP contribution is 2.23. The van der Waals surface area contributed by atoms with E-state index in [0.717, 1.165) is 36.7 Å². The second kappa shape index (κ2) is 5.73. The van der Waals surface area contributed by atoms with Crippen LogP contribution in [0.3, 0.4) is 0 Å². The number of aromatic amines is 1. The number of nitrogens with one attached hydrogen (secondary N) is 1. The van der Waals surface area contributed by atoms with Crippen LogP contribution in [0.1, 0.15) is 18.6 Å². The Morgan fingerprint density at radius 1 is 1.18 bits per heavy atom. The molecule has 1 N–H and O–H groups in total. The van der Waals surface area contributed by atoms with Crippen LogP contribution in [-0.4, -0.2) is 38.2 Å². The number of pyridine rings is 1. The quantitative estimate of drug-likeness (QED) is 0.801. The van der Waals surface area contributed by atoms with Crippen LogP contribution in [0.5, 0.6) is 0 Å². The van der Waals surface area contributed by atoms with E-state index in [9.17, 15) is 0 Å². The van der Waals surface area contributed by atoms with Crippen LogP contribution in [-0.2, 0) is 6.54 Å². The van der Waals surface area contributed by atoms with Crippen molar-refractivity contribution in [1.82, 2.24) is 25.1 Å². The molecule has 0 spiro atoms. The Morgan fingerprint density at radius 2 is 2.09 bits per heavy atom. The minimum absolute atomic E-state index is 0.626. The number of likely N-dealkylation sites (tertiary alicyclic amines) is 1. The maximum atomic E-state index is 5.89. The second-order valence-electron chi connectivity index (χ2n) is 5.50. The molecule has 0 saturated carbocycles. The van der Waals surface area contributed by atoms with E-state index in [0.29, 0.717) is 11.6 Å². The molecule has 6 nitrogen and oxygen atoms in total. The maximum Gasteiger partial charge on any atom is 0.192 e. The number of furan rings is 1. The third kappa shape index (κ3) is 2.65. The molecule has 6 heteroatoms. The zero-order chi connectivity index (χ0) is 14.8. The van der Waals surface area contributed by atoms with Crippen LogP contribution in [0.25, 0.3) is 23.0 Å². The van der Waals surface area contributed by atoms with Crippen molar-refractivity contribution in [2.24, 2.45) is 0 Å². The van der Waals surface area contributed by atoms with Gasteiger partial charge in [-0.2, -0.15) is 5.10 Å². The first-order valence-corrected chi connectivity index (χ1v) is 7.53. The fourth-order valence-electron chi connectivity index (χ4n) is 2.75. The average Bonchev–Trinajstić information content (AvgIpc) is 3.30. The van der Waals surface area contributed by atoms with Gasteiger partial charge in [0.25, 0.3) is 0 Å². The van der Waals surface area contributed by atoms with Crippen molar-refractivity contribution in [2.75, 3.05) is 13.1 Å². The Bertz CT molecular complexity index is 743. The van der Waals surface area contributed by atoms with Crippen molar-refractivity contribution in [3.05, 3.63) is 42.4 Å². The van der Waals surface area contributed by atoms with Gasteiger partial charge in [0.1, 0.15) is 5.76 Å². The molecule has 4 heterocycles. The Morgan fingerprint density at radius 3 is 2.91 bits per heavy atom. The first-order valence-electron chi connectivity index (χ1n) is 7.53. The first kappa shape index (κ1) is 13.2. The summed E-state index contributed by atoms with van der Waals surface area (Å²) in [7, 11) is 0. The van der Waals surface area contributed by atoms with E-state index in [-0.39, 0.29) is 0 Å². The van der Waals surface area contributed by atoms with Crippen LogP contribution in [0.2, 0.25) is 0 Å². The van der Waals surface area contributed by atoms with E-state index in [1.165, 1.54) is 12.8 Å². The molecule has 4 rings (SSSR count). The molecule has 1 aliphatic rings. The topological polar surface area (TPSA) is 70.8 Å². The summed E-state index contributed by atoms with van der Waals surface area (Å²) in [5, 5.41) is 7.16. The molecule has 0 aromatic carbocycles.